The third-order valence-corrected chi connectivity index (χ3v) is 6.68. The van der Waals surface area contributed by atoms with Crippen LogP contribution >= 0.6 is 0 Å². The number of nitrogens with zero attached hydrogens (tertiary/aromatic N) is 2. The van der Waals surface area contributed by atoms with E-state index >= 15 is 0 Å². The molecule has 0 saturated carbocycles. The Morgan fingerprint density at radius 2 is 2.35 bits per heavy atom. The molecule has 126 valence electrons. The second kappa shape index (κ2) is 6.09. The van der Waals surface area contributed by atoms with E-state index in [1.165, 1.54) is 4.31 Å². The highest BCUT2D eigenvalue weighted by Crippen LogP contribution is 2.42. The van der Waals surface area contributed by atoms with Crippen molar-refractivity contribution in [3.63, 3.8) is 0 Å². The zero-order chi connectivity index (χ0) is 16.5. The predicted octanol–water partition coefficient (Wildman–Crippen LogP) is 0.248. The van der Waals surface area contributed by atoms with E-state index in [0.29, 0.717) is 31.9 Å². The Hall–Kier alpha value is -1.67. The molecule has 1 N–H and O–H groups in total. The summed E-state index contributed by atoms with van der Waals surface area (Å²) in [6, 6.07) is 3.60. The Balaban J connectivity index is 1.73. The molecule has 23 heavy (non-hydrogen) atoms. The quantitative estimate of drug-likeness (QED) is 0.831. The molecule has 0 unspecified atom stereocenters. The standard InChI is InChI=1S/C15H21N3O4S/c1-2-23(20,21)18-7-5-15(11-18)12(8-17-14(15)19)10-22-13-4-3-6-16-9-13/h3-4,6,9,12H,2,5,7-8,10-11H2,1H3,(H,17,19)/t12-,15+/m1/s1. The van der Waals surface area contributed by atoms with Crippen LogP contribution in [0.2, 0.25) is 0 Å². The van der Waals surface area contributed by atoms with Crippen LogP contribution < -0.4 is 10.1 Å². The third kappa shape index (κ3) is 2.92. The summed E-state index contributed by atoms with van der Waals surface area (Å²) in [6.45, 7) is 3.14. The van der Waals surface area contributed by atoms with Gasteiger partial charge in [0.1, 0.15) is 5.75 Å². The fraction of sp³-hybridized carbons (Fsp3) is 0.600. The first-order chi connectivity index (χ1) is 11.0. The van der Waals surface area contributed by atoms with Gasteiger partial charge in [-0.25, -0.2) is 12.7 Å². The number of hydrogen-bond acceptors (Lipinski definition) is 5. The minimum Gasteiger partial charge on any atom is -0.492 e. The monoisotopic (exact) mass is 339 g/mol. The molecule has 0 bridgehead atoms. The Kier molecular flexibility index (Phi) is 4.29. The molecule has 0 radical (unpaired) electrons. The number of carbonyl (C=O) groups excluding carboxylic acids is 1. The van der Waals surface area contributed by atoms with Crippen molar-refractivity contribution in [1.82, 2.24) is 14.6 Å². The van der Waals surface area contributed by atoms with E-state index in [4.69, 9.17) is 4.74 Å². The Labute approximate surface area is 136 Å². The molecule has 2 aliphatic rings. The molecule has 1 spiro atoms. The Morgan fingerprint density at radius 3 is 3.04 bits per heavy atom. The van der Waals surface area contributed by atoms with Gasteiger partial charge in [0.05, 0.1) is 24.0 Å². The second-order valence-electron chi connectivity index (χ2n) is 6.05. The van der Waals surface area contributed by atoms with Crippen molar-refractivity contribution in [2.24, 2.45) is 11.3 Å². The molecule has 3 rings (SSSR count). The third-order valence-electron chi connectivity index (χ3n) is 4.85. The lowest BCUT2D eigenvalue weighted by Crippen LogP contribution is -2.41. The minimum absolute atomic E-state index is 0.0488. The maximum absolute atomic E-state index is 12.4. The first kappa shape index (κ1) is 16.2. The van der Waals surface area contributed by atoms with Gasteiger partial charge in [0, 0.05) is 31.7 Å². The molecule has 2 aliphatic heterocycles. The van der Waals surface area contributed by atoms with Crippen molar-refractivity contribution < 1.29 is 17.9 Å². The summed E-state index contributed by atoms with van der Waals surface area (Å²) in [5, 5.41) is 2.87. The van der Waals surface area contributed by atoms with Crippen LogP contribution in [0, 0.1) is 11.3 Å². The van der Waals surface area contributed by atoms with E-state index in [9.17, 15) is 13.2 Å². The van der Waals surface area contributed by atoms with Crippen LogP contribution in [0.4, 0.5) is 0 Å². The van der Waals surface area contributed by atoms with Gasteiger partial charge in [-0.05, 0) is 25.5 Å². The summed E-state index contributed by atoms with van der Waals surface area (Å²) in [4.78, 5) is 16.4. The summed E-state index contributed by atoms with van der Waals surface area (Å²) in [7, 11) is -3.27. The van der Waals surface area contributed by atoms with Crippen LogP contribution in [0.25, 0.3) is 0 Å². The fourth-order valence-electron chi connectivity index (χ4n) is 3.36. The van der Waals surface area contributed by atoms with Crippen LogP contribution in [0.3, 0.4) is 0 Å². The van der Waals surface area contributed by atoms with Crippen molar-refractivity contribution in [2.75, 3.05) is 32.0 Å². The summed E-state index contributed by atoms with van der Waals surface area (Å²) in [5.74, 6) is 0.595. The van der Waals surface area contributed by atoms with Gasteiger partial charge in [-0.1, -0.05) is 0 Å². The molecule has 1 aromatic rings. The number of nitrogens with one attached hydrogen (secondary N) is 1. The first-order valence-electron chi connectivity index (χ1n) is 7.77. The molecular weight excluding hydrogens is 318 g/mol. The van der Waals surface area contributed by atoms with Crippen LogP contribution in [0.5, 0.6) is 5.75 Å². The van der Waals surface area contributed by atoms with Gasteiger partial charge in [-0.3, -0.25) is 9.78 Å². The van der Waals surface area contributed by atoms with Crippen LogP contribution in [0.1, 0.15) is 13.3 Å². The number of pyridine rings is 1. The smallest absolute Gasteiger partial charge is 0.228 e. The topological polar surface area (TPSA) is 88.6 Å². The van der Waals surface area contributed by atoms with E-state index in [1.807, 2.05) is 6.07 Å². The minimum atomic E-state index is -3.27. The Bertz CT molecular complexity index is 679. The largest absolute Gasteiger partial charge is 0.492 e. The van der Waals surface area contributed by atoms with Gasteiger partial charge in [-0.15, -0.1) is 0 Å². The van der Waals surface area contributed by atoms with Crippen LogP contribution in [0.15, 0.2) is 24.5 Å². The average Bonchev–Trinajstić information content (AvgIpc) is 3.14. The van der Waals surface area contributed by atoms with Gasteiger partial charge in [0.2, 0.25) is 15.9 Å². The van der Waals surface area contributed by atoms with Crippen molar-refractivity contribution in [3.05, 3.63) is 24.5 Å². The lowest BCUT2D eigenvalue weighted by molar-refractivity contribution is -0.128. The van der Waals surface area contributed by atoms with Gasteiger partial charge < -0.3 is 10.1 Å². The molecule has 0 aliphatic carbocycles. The van der Waals surface area contributed by atoms with E-state index in [1.54, 1.807) is 25.4 Å². The SMILES string of the molecule is CCS(=O)(=O)N1CC[C@@]2(C1)C(=O)NC[C@@H]2COc1cccnc1. The van der Waals surface area contributed by atoms with Gasteiger partial charge >= 0.3 is 0 Å². The average molecular weight is 339 g/mol. The van der Waals surface area contributed by atoms with E-state index in [2.05, 4.69) is 10.3 Å². The van der Waals surface area contributed by atoms with Crippen LogP contribution in [-0.2, 0) is 14.8 Å². The number of carbonyl (C=O) groups is 1. The maximum atomic E-state index is 12.4. The highest BCUT2D eigenvalue weighted by molar-refractivity contribution is 7.89. The zero-order valence-electron chi connectivity index (χ0n) is 13.1. The number of amides is 1. The number of aromatic nitrogens is 1. The maximum Gasteiger partial charge on any atom is 0.228 e. The van der Waals surface area contributed by atoms with Crippen molar-refractivity contribution in [3.8, 4) is 5.75 Å². The number of hydrogen-bond donors (Lipinski definition) is 1. The number of rotatable bonds is 5. The van der Waals surface area contributed by atoms with Gasteiger partial charge in [0.25, 0.3) is 0 Å². The lowest BCUT2D eigenvalue weighted by atomic mass is 9.77. The molecule has 2 atom stereocenters. The first-order valence-corrected chi connectivity index (χ1v) is 9.38. The molecule has 2 fully saturated rings. The second-order valence-corrected chi connectivity index (χ2v) is 8.30. The fourth-order valence-corrected chi connectivity index (χ4v) is 4.52. The Morgan fingerprint density at radius 1 is 1.52 bits per heavy atom. The van der Waals surface area contributed by atoms with Crippen LogP contribution in [-0.4, -0.2) is 55.6 Å². The molecule has 3 heterocycles. The molecule has 1 aromatic heterocycles. The highest BCUT2D eigenvalue weighted by Gasteiger charge is 2.55. The molecule has 7 nitrogen and oxygen atoms in total. The van der Waals surface area contributed by atoms with E-state index in [-0.39, 0.29) is 24.1 Å². The van der Waals surface area contributed by atoms with Crippen molar-refractivity contribution in [2.45, 2.75) is 13.3 Å². The summed E-state index contributed by atoms with van der Waals surface area (Å²) in [5.41, 5.74) is -0.676. The highest BCUT2D eigenvalue weighted by atomic mass is 32.2. The predicted molar refractivity (Wildman–Crippen MR) is 84.3 cm³/mol. The molecule has 1 amide bonds. The molecule has 8 heteroatoms. The summed E-state index contributed by atoms with van der Waals surface area (Å²) >= 11 is 0. The lowest BCUT2D eigenvalue weighted by Gasteiger charge is -2.27. The van der Waals surface area contributed by atoms with E-state index < -0.39 is 15.4 Å². The zero-order valence-corrected chi connectivity index (χ0v) is 13.9. The van der Waals surface area contributed by atoms with Gasteiger partial charge in [-0.2, -0.15) is 0 Å². The van der Waals surface area contributed by atoms with Crippen molar-refractivity contribution in [1.29, 1.82) is 0 Å². The summed E-state index contributed by atoms with van der Waals surface area (Å²) < 4.78 is 31.4. The summed E-state index contributed by atoms with van der Waals surface area (Å²) in [6.07, 6.45) is 3.83. The molecular formula is C15H21N3O4S. The molecule has 0 aromatic carbocycles. The normalized spacial score (nSPS) is 28.2. The molecule has 2 saturated heterocycles. The van der Waals surface area contributed by atoms with Crippen molar-refractivity contribution >= 4 is 15.9 Å². The van der Waals surface area contributed by atoms with E-state index in [0.717, 1.165) is 0 Å². The number of sulfonamides is 1. The number of ether oxygens (including phenoxy) is 1. The van der Waals surface area contributed by atoms with Gasteiger partial charge in [0.15, 0.2) is 0 Å².